The minimum Gasteiger partial charge on any atom is -0.383 e. The molecule has 0 fully saturated rings. The Kier molecular flexibility index (Phi) is 6.21. The molecule has 0 saturated heterocycles. The van der Waals surface area contributed by atoms with Crippen LogP contribution in [0.2, 0.25) is 0 Å². The van der Waals surface area contributed by atoms with Crippen molar-refractivity contribution < 1.29 is 9.53 Å². The molecule has 19 heavy (non-hydrogen) atoms. The summed E-state index contributed by atoms with van der Waals surface area (Å²) in [5.41, 5.74) is 0.949. The predicted octanol–water partition coefficient (Wildman–Crippen LogP) is 1.16. The van der Waals surface area contributed by atoms with Gasteiger partial charge in [-0.25, -0.2) is 9.97 Å². The van der Waals surface area contributed by atoms with Gasteiger partial charge in [0.15, 0.2) is 0 Å². The van der Waals surface area contributed by atoms with Gasteiger partial charge in [0.25, 0.3) is 0 Å². The quantitative estimate of drug-likeness (QED) is 0.724. The van der Waals surface area contributed by atoms with Crippen molar-refractivity contribution in [3.8, 4) is 0 Å². The lowest BCUT2D eigenvalue weighted by atomic mass is 10.1. The fraction of sp³-hybridized carbons (Fsp3) is 0.615. The Hall–Kier alpha value is -1.69. The van der Waals surface area contributed by atoms with Gasteiger partial charge in [-0.15, -0.1) is 0 Å². The maximum atomic E-state index is 11.8. The monoisotopic (exact) mass is 266 g/mol. The maximum absolute atomic E-state index is 11.8. The molecule has 1 rings (SSSR count). The van der Waals surface area contributed by atoms with E-state index in [1.165, 1.54) is 6.33 Å². The Morgan fingerprint density at radius 1 is 1.37 bits per heavy atom. The highest BCUT2D eigenvalue weighted by Gasteiger charge is 2.13. The van der Waals surface area contributed by atoms with Crippen LogP contribution in [0.3, 0.4) is 0 Å². The molecule has 106 valence electrons. The van der Waals surface area contributed by atoms with E-state index >= 15 is 0 Å². The van der Waals surface area contributed by atoms with Crippen molar-refractivity contribution in [2.45, 2.75) is 32.7 Å². The molecule has 1 unspecified atom stereocenters. The summed E-state index contributed by atoms with van der Waals surface area (Å²) in [6, 6.07) is 1.51. The van der Waals surface area contributed by atoms with Gasteiger partial charge in [-0.1, -0.05) is 13.8 Å². The predicted molar refractivity (Wildman–Crippen MR) is 74.1 cm³/mol. The zero-order valence-electron chi connectivity index (χ0n) is 11.9. The van der Waals surface area contributed by atoms with E-state index in [1.54, 1.807) is 14.0 Å². The molecule has 6 heteroatoms. The first-order valence-corrected chi connectivity index (χ1v) is 6.39. The summed E-state index contributed by atoms with van der Waals surface area (Å²) in [6.45, 7) is 6.92. The number of methoxy groups -OCH3 is 1. The Morgan fingerprint density at radius 2 is 2.11 bits per heavy atom. The molecule has 0 aliphatic heterocycles. The molecule has 2 N–H and O–H groups in total. The molecule has 1 aromatic heterocycles. The van der Waals surface area contributed by atoms with Gasteiger partial charge in [0, 0.05) is 25.4 Å². The van der Waals surface area contributed by atoms with Gasteiger partial charge in [0.1, 0.15) is 18.2 Å². The molecule has 1 atom stereocenters. The van der Waals surface area contributed by atoms with Crippen LogP contribution in [-0.2, 0) is 9.53 Å². The van der Waals surface area contributed by atoms with Gasteiger partial charge in [-0.05, 0) is 12.8 Å². The van der Waals surface area contributed by atoms with E-state index in [4.69, 9.17) is 4.74 Å². The zero-order valence-corrected chi connectivity index (χ0v) is 11.9. The lowest BCUT2D eigenvalue weighted by molar-refractivity contribution is -0.121. The largest absolute Gasteiger partial charge is 0.383 e. The van der Waals surface area contributed by atoms with Crippen molar-refractivity contribution in [2.24, 2.45) is 0 Å². The first kappa shape index (κ1) is 15.4. The van der Waals surface area contributed by atoms with E-state index in [0.29, 0.717) is 24.9 Å². The number of hydrogen-bond donors (Lipinski definition) is 2. The second kappa shape index (κ2) is 7.68. The van der Waals surface area contributed by atoms with Crippen molar-refractivity contribution in [3.05, 3.63) is 18.1 Å². The number of ether oxygens (including phenoxy) is 1. The van der Waals surface area contributed by atoms with Crippen molar-refractivity contribution in [3.63, 3.8) is 0 Å². The van der Waals surface area contributed by atoms with E-state index in [9.17, 15) is 4.79 Å². The van der Waals surface area contributed by atoms with Crippen LogP contribution >= 0.6 is 0 Å². The van der Waals surface area contributed by atoms with Gasteiger partial charge in [0.05, 0.1) is 6.61 Å². The summed E-state index contributed by atoms with van der Waals surface area (Å²) >= 11 is 0. The van der Waals surface area contributed by atoms with Crippen LogP contribution < -0.4 is 10.6 Å². The molecular formula is C13H22N4O2. The lowest BCUT2D eigenvalue weighted by Gasteiger charge is -2.15. The minimum atomic E-state index is -0.355. The van der Waals surface area contributed by atoms with Crippen LogP contribution in [0.25, 0.3) is 0 Å². The van der Waals surface area contributed by atoms with Crippen LogP contribution in [0.4, 0.5) is 5.82 Å². The number of carbonyl (C=O) groups excluding carboxylic acids is 1. The molecular weight excluding hydrogens is 244 g/mol. The highest BCUT2D eigenvalue weighted by Crippen LogP contribution is 2.14. The molecule has 0 radical (unpaired) electrons. The smallest absolute Gasteiger partial charge is 0.242 e. The van der Waals surface area contributed by atoms with Crippen LogP contribution in [-0.4, -0.2) is 42.2 Å². The van der Waals surface area contributed by atoms with Crippen LogP contribution in [0.1, 0.15) is 32.4 Å². The highest BCUT2D eigenvalue weighted by atomic mass is 16.5. The summed E-state index contributed by atoms with van der Waals surface area (Å²) in [4.78, 5) is 20.1. The van der Waals surface area contributed by atoms with E-state index in [0.717, 1.165) is 5.69 Å². The first-order chi connectivity index (χ1) is 9.04. The van der Waals surface area contributed by atoms with E-state index in [-0.39, 0.29) is 11.9 Å². The Morgan fingerprint density at radius 3 is 2.74 bits per heavy atom. The fourth-order valence-electron chi connectivity index (χ4n) is 1.48. The van der Waals surface area contributed by atoms with Crippen molar-refractivity contribution in [1.29, 1.82) is 0 Å². The molecule has 1 heterocycles. The summed E-state index contributed by atoms with van der Waals surface area (Å²) in [5, 5.41) is 5.83. The minimum absolute atomic E-state index is 0.0817. The van der Waals surface area contributed by atoms with Crippen molar-refractivity contribution in [2.75, 3.05) is 25.6 Å². The molecule has 0 aliphatic carbocycles. The van der Waals surface area contributed by atoms with E-state index < -0.39 is 0 Å². The van der Waals surface area contributed by atoms with Gasteiger partial charge in [-0.2, -0.15) is 0 Å². The van der Waals surface area contributed by atoms with E-state index in [1.807, 2.05) is 6.07 Å². The summed E-state index contributed by atoms with van der Waals surface area (Å²) < 4.78 is 4.88. The third kappa shape index (κ3) is 5.21. The standard InChI is InChI=1S/C13H22N4O2/c1-9(2)11-7-12(16-8-15-11)17-10(3)13(18)14-5-6-19-4/h7-10H,5-6H2,1-4H3,(H,14,18)(H,15,16,17). The first-order valence-electron chi connectivity index (χ1n) is 6.39. The van der Waals surface area contributed by atoms with E-state index in [2.05, 4.69) is 34.4 Å². The second-order valence-electron chi connectivity index (χ2n) is 4.63. The maximum Gasteiger partial charge on any atom is 0.242 e. The third-order valence-corrected chi connectivity index (χ3v) is 2.64. The molecule has 0 spiro atoms. The van der Waals surface area contributed by atoms with Gasteiger partial charge in [-0.3, -0.25) is 4.79 Å². The Balaban J connectivity index is 2.53. The molecule has 1 aromatic rings. The van der Waals surface area contributed by atoms with Crippen molar-refractivity contribution >= 4 is 11.7 Å². The number of rotatable bonds is 7. The number of aromatic nitrogens is 2. The molecule has 0 aromatic carbocycles. The second-order valence-corrected chi connectivity index (χ2v) is 4.63. The summed E-state index contributed by atoms with van der Waals surface area (Å²) in [7, 11) is 1.60. The number of carbonyl (C=O) groups is 1. The molecule has 0 bridgehead atoms. The van der Waals surface area contributed by atoms with Gasteiger partial charge in [0.2, 0.25) is 5.91 Å². The van der Waals surface area contributed by atoms with Gasteiger partial charge < -0.3 is 15.4 Å². The van der Waals surface area contributed by atoms with Gasteiger partial charge >= 0.3 is 0 Å². The molecule has 6 nitrogen and oxygen atoms in total. The summed E-state index contributed by atoms with van der Waals surface area (Å²) in [5.74, 6) is 0.907. The number of nitrogens with one attached hydrogen (secondary N) is 2. The molecule has 0 aliphatic rings. The average molecular weight is 266 g/mol. The molecule has 1 amide bonds. The normalized spacial score (nSPS) is 12.3. The number of anilines is 1. The Labute approximate surface area is 114 Å². The van der Waals surface area contributed by atoms with Crippen LogP contribution in [0.15, 0.2) is 12.4 Å². The Bertz CT molecular complexity index is 409. The molecule has 0 saturated carbocycles. The lowest BCUT2D eigenvalue weighted by Crippen LogP contribution is -2.39. The number of amides is 1. The topological polar surface area (TPSA) is 76.1 Å². The van der Waals surface area contributed by atoms with Crippen molar-refractivity contribution in [1.82, 2.24) is 15.3 Å². The highest BCUT2D eigenvalue weighted by molar-refractivity contribution is 5.83. The van der Waals surface area contributed by atoms with Crippen LogP contribution in [0.5, 0.6) is 0 Å². The average Bonchev–Trinajstić information content (AvgIpc) is 2.39. The third-order valence-electron chi connectivity index (χ3n) is 2.64. The SMILES string of the molecule is COCCNC(=O)C(C)Nc1cc(C(C)C)ncn1. The number of nitrogens with zero attached hydrogens (tertiary/aromatic N) is 2. The summed E-state index contributed by atoms with van der Waals surface area (Å²) in [6.07, 6.45) is 1.51. The van der Waals surface area contributed by atoms with Crippen LogP contribution in [0, 0.1) is 0 Å². The fourth-order valence-corrected chi connectivity index (χ4v) is 1.48. The number of hydrogen-bond acceptors (Lipinski definition) is 5. The zero-order chi connectivity index (χ0) is 14.3.